The van der Waals surface area contributed by atoms with Crippen LogP contribution in [0.1, 0.15) is 28.9 Å². The number of amides is 1. The molecule has 3 aromatic rings. The molecule has 0 saturated carbocycles. The minimum atomic E-state index is -0.193. The molecule has 0 aliphatic rings. The van der Waals surface area contributed by atoms with E-state index in [0.29, 0.717) is 17.1 Å². The summed E-state index contributed by atoms with van der Waals surface area (Å²) in [6.45, 7) is 1.91. The molecule has 8 nitrogen and oxygen atoms in total. The lowest BCUT2D eigenvalue weighted by atomic mass is 10.1. The van der Waals surface area contributed by atoms with Crippen molar-refractivity contribution in [1.82, 2.24) is 25.5 Å². The van der Waals surface area contributed by atoms with Gasteiger partial charge >= 0.3 is 0 Å². The molecule has 1 heterocycles. The predicted molar refractivity (Wildman–Crippen MR) is 94.6 cm³/mol. The van der Waals surface area contributed by atoms with Gasteiger partial charge in [0.05, 0.1) is 25.9 Å². The average molecular weight is 353 g/mol. The number of carbonyl (C=O) groups is 1. The van der Waals surface area contributed by atoms with Gasteiger partial charge in [-0.25, -0.2) is 4.68 Å². The van der Waals surface area contributed by atoms with Crippen LogP contribution in [0.4, 0.5) is 0 Å². The highest BCUT2D eigenvalue weighted by Gasteiger charge is 2.14. The Morgan fingerprint density at radius 1 is 1.08 bits per heavy atom. The van der Waals surface area contributed by atoms with Gasteiger partial charge in [-0.05, 0) is 59.3 Å². The summed E-state index contributed by atoms with van der Waals surface area (Å²) < 4.78 is 12.1. The minimum absolute atomic E-state index is 0.171. The zero-order chi connectivity index (χ0) is 18.5. The van der Waals surface area contributed by atoms with Gasteiger partial charge in [0.25, 0.3) is 5.91 Å². The first-order valence-electron chi connectivity index (χ1n) is 7.98. The molecule has 1 aromatic heterocycles. The van der Waals surface area contributed by atoms with Crippen molar-refractivity contribution >= 4 is 5.91 Å². The van der Waals surface area contributed by atoms with Crippen molar-refractivity contribution in [2.45, 2.75) is 13.0 Å². The van der Waals surface area contributed by atoms with Crippen molar-refractivity contribution in [3.8, 4) is 17.2 Å². The Labute approximate surface area is 150 Å². The molecular weight excluding hydrogens is 334 g/mol. The Hall–Kier alpha value is -3.42. The van der Waals surface area contributed by atoms with Gasteiger partial charge in [-0.3, -0.25) is 4.79 Å². The monoisotopic (exact) mass is 353 g/mol. The summed E-state index contributed by atoms with van der Waals surface area (Å²) in [6.07, 6.45) is 1.49. The van der Waals surface area contributed by atoms with E-state index in [4.69, 9.17) is 9.47 Å². The quantitative estimate of drug-likeness (QED) is 0.730. The number of hydrogen-bond donors (Lipinski definition) is 1. The van der Waals surface area contributed by atoms with E-state index in [1.165, 1.54) is 11.0 Å². The maximum absolute atomic E-state index is 12.5. The van der Waals surface area contributed by atoms with Crippen molar-refractivity contribution in [3.63, 3.8) is 0 Å². The second-order valence-electron chi connectivity index (χ2n) is 5.61. The average Bonchev–Trinajstić information content (AvgIpc) is 3.22. The van der Waals surface area contributed by atoms with E-state index in [0.717, 1.165) is 11.3 Å². The molecule has 1 unspecified atom stereocenters. The van der Waals surface area contributed by atoms with Crippen LogP contribution in [-0.4, -0.2) is 40.3 Å². The van der Waals surface area contributed by atoms with Gasteiger partial charge in [0.2, 0.25) is 0 Å². The molecule has 0 spiro atoms. The molecule has 0 bridgehead atoms. The number of benzene rings is 2. The summed E-state index contributed by atoms with van der Waals surface area (Å²) in [6, 6.07) is 12.4. The summed E-state index contributed by atoms with van der Waals surface area (Å²) in [5.41, 5.74) is 2.25. The van der Waals surface area contributed by atoms with Crippen LogP contribution in [0.3, 0.4) is 0 Å². The lowest BCUT2D eigenvalue weighted by molar-refractivity contribution is 0.0940. The van der Waals surface area contributed by atoms with Gasteiger partial charge in [0, 0.05) is 5.56 Å². The summed E-state index contributed by atoms with van der Waals surface area (Å²) in [4.78, 5) is 12.5. The molecule has 1 N–H and O–H groups in total. The summed E-state index contributed by atoms with van der Waals surface area (Å²) in [7, 11) is 3.17. The van der Waals surface area contributed by atoms with Crippen LogP contribution in [0.15, 0.2) is 48.8 Å². The van der Waals surface area contributed by atoms with Crippen LogP contribution >= 0.6 is 0 Å². The topological polar surface area (TPSA) is 91.2 Å². The fourth-order valence-electron chi connectivity index (χ4n) is 2.53. The standard InChI is InChI=1S/C18H19N5O3/c1-12(14-6-9-16(25-2)17(10-14)26-3)20-18(24)13-4-7-15(8-5-13)23-11-19-21-22-23/h4-12H,1-3H3,(H,20,24). The first kappa shape index (κ1) is 17.4. The number of methoxy groups -OCH3 is 2. The summed E-state index contributed by atoms with van der Waals surface area (Å²) in [5, 5.41) is 14.0. The van der Waals surface area contributed by atoms with Crippen LogP contribution in [0.2, 0.25) is 0 Å². The maximum Gasteiger partial charge on any atom is 0.251 e. The lowest BCUT2D eigenvalue weighted by Crippen LogP contribution is -2.26. The third kappa shape index (κ3) is 3.64. The van der Waals surface area contributed by atoms with Crippen molar-refractivity contribution < 1.29 is 14.3 Å². The molecular formula is C18H19N5O3. The van der Waals surface area contributed by atoms with Crippen LogP contribution < -0.4 is 14.8 Å². The van der Waals surface area contributed by atoms with Crippen molar-refractivity contribution in [3.05, 3.63) is 59.9 Å². The fraction of sp³-hybridized carbons (Fsp3) is 0.222. The molecule has 26 heavy (non-hydrogen) atoms. The summed E-state index contributed by atoms with van der Waals surface area (Å²) in [5.74, 6) is 1.10. The van der Waals surface area contributed by atoms with Gasteiger partial charge in [-0.1, -0.05) is 6.07 Å². The van der Waals surface area contributed by atoms with Crippen LogP contribution in [-0.2, 0) is 0 Å². The SMILES string of the molecule is COc1ccc(C(C)NC(=O)c2ccc(-n3cnnn3)cc2)cc1OC. The van der Waals surface area contributed by atoms with Crippen molar-refractivity contribution in [2.24, 2.45) is 0 Å². The molecule has 3 rings (SSSR count). The van der Waals surface area contributed by atoms with E-state index in [9.17, 15) is 4.79 Å². The molecule has 134 valence electrons. The number of aromatic nitrogens is 4. The number of tetrazole rings is 1. The van der Waals surface area contributed by atoms with Crippen LogP contribution in [0.25, 0.3) is 5.69 Å². The van der Waals surface area contributed by atoms with E-state index < -0.39 is 0 Å². The molecule has 1 atom stereocenters. The van der Waals surface area contributed by atoms with Crippen molar-refractivity contribution in [2.75, 3.05) is 14.2 Å². The van der Waals surface area contributed by atoms with Gasteiger partial charge in [0.15, 0.2) is 11.5 Å². The Morgan fingerprint density at radius 3 is 2.42 bits per heavy atom. The van der Waals surface area contributed by atoms with Gasteiger partial charge in [0.1, 0.15) is 6.33 Å². The molecule has 0 radical (unpaired) electrons. The Morgan fingerprint density at radius 2 is 1.81 bits per heavy atom. The van der Waals surface area contributed by atoms with E-state index in [-0.39, 0.29) is 11.9 Å². The summed E-state index contributed by atoms with van der Waals surface area (Å²) >= 11 is 0. The van der Waals surface area contributed by atoms with Gasteiger partial charge < -0.3 is 14.8 Å². The van der Waals surface area contributed by atoms with Gasteiger partial charge in [-0.2, -0.15) is 0 Å². The predicted octanol–water partition coefficient (Wildman–Crippen LogP) is 2.17. The molecule has 0 fully saturated rings. The van der Waals surface area contributed by atoms with Crippen LogP contribution in [0, 0.1) is 0 Å². The highest BCUT2D eigenvalue weighted by Crippen LogP contribution is 2.29. The lowest BCUT2D eigenvalue weighted by Gasteiger charge is -2.16. The highest BCUT2D eigenvalue weighted by atomic mass is 16.5. The minimum Gasteiger partial charge on any atom is -0.493 e. The second kappa shape index (κ2) is 7.64. The van der Waals surface area contributed by atoms with Crippen LogP contribution in [0.5, 0.6) is 11.5 Å². The zero-order valence-corrected chi connectivity index (χ0v) is 14.7. The van der Waals surface area contributed by atoms with E-state index in [2.05, 4.69) is 20.8 Å². The van der Waals surface area contributed by atoms with E-state index in [1.807, 2.05) is 25.1 Å². The highest BCUT2D eigenvalue weighted by molar-refractivity contribution is 5.94. The smallest absolute Gasteiger partial charge is 0.251 e. The normalized spacial score (nSPS) is 11.7. The first-order valence-corrected chi connectivity index (χ1v) is 7.98. The van der Waals surface area contributed by atoms with Gasteiger partial charge in [-0.15, -0.1) is 5.10 Å². The molecule has 2 aromatic carbocycles. The fourth-order valence-corrected chi connectivity index (χ4v) is 2.53. The first-order chi connectivity index (χ1) is 12.6. The zero-order valence-electron chi connectivity index (χ0n) is 14.7. The maximum atomic E-state index is 12.5. The molecule has 8 heteroatoms. The second-order valence-corrected chi connectivity index (χ2v) is 5.61. The third-order valence-electron chi connectivity index (χ3n) is 4.00. The number of nitrogens with zero attached hydrogens (tertiary/aromatic N) is 4. The Bertz CT molecular complexity index is 878. The number of hydrogen-bond acceptors (Lipinski definition) is 6. The molecule has 0 saturated heterocycles. The number of nitrogens with one attached hydrogen (secondary N) is 1. The number of carbonyl (C=O) groups excluding carboxylic acids is 1. The molecule has 0 aliphatic heterocycles. The number of rotatable bonds is 6. The number of ether oxygens (including phenoxy) is 2. The molecule has 0 aliphatic carbocycles. The largest absolute Gasteiger partial charge is 0.493 e. The van der Waals surface area contributed by atoms with E-state index in [1.54, 1.807) is 38.5 Å². The van der Waals surface area contributed by atoms with Crippen molar-refractivity contribution in [1.29, 1.82) is 0 Å². The van der Waals surface area contributed by atoms with E-state index >= 15 is 0 Å². The Kier molecular flexibility index (Phi) is 5.12. The third-order valence-corrected chi connectivity index (χ3v) is 4.00. The molecule has 1 amide bonds. The Balaban J connectivity index is 1.71.